The zero-order valence-electron chi connectivity index (χ0n) is 15.8. The van der Waals surface area contributed by atoms with Crippen molar-refractivity contribution in [1.29, 1.82) is 0 Å². The van der Waals surface area contributed by atoms with Crippen LogP contribution in [0.1, 0.15) is 6.92 Å². The number of para-hydroxylation sites is 1. The van der Waals surface area contributed by atoms with Gasteiger partial charge in [-0.3, -0.25) is 14.5 Å². The standard InChI is InChI=1S/C21H20N2O4S2/c1-2-27-21(26)12-20-23(19(25)14-28-20)13-18(24)22-16-10-6-7-11-17(16)29-15-8-4-3-5-9-15/h3-12H,2,13-14H2,1H3,(H,22,24)/b20-12-. The Morgan fingerprint density at radius 2 is 1.90 bits per heavy atom. The van der Waals surface area contributed by atoms with Crippen molar-refractivity contribution in [2.45, 2.75) is 16.7 Å². The Bertz CT molecular complexity index is 931. The first-order valence-corrected chi connectivity index (χ1v) is 10.8. The number of anilines is 1. The van der Waals surface area contributed by atoms with Crippen LogP contribution in [-0.2, 0) is 19.1 Å². The van der Waals surface area contributed by atoms with Gasteiger partial charge in [0.25, 0.3) is 0 Å². The van der Waals surface area contributed by atoms with E-state index in [9.17, 15) is 14.4 Å². The van der Waals surface area contributed by atoms with E-state index in [1.165, 1.54) is 22.7 Å². The van der Waals surface area contributed by atoms with Gasteiger partial charge in [0.1, 0.15) is 6.54 Å². The summed E-state index contributed by atoms with van der Waals surface area (Å²) in [6.45, 7) is 1.79. The minimum absolute atomic E-state index is 0.165. The molecule has 1 fully saturated rings. The number of nitrogens with zero attached hydrogens (tertiary/aromatic N) is 1. The summed E-state index contributed by atoms with van der Waals surface area (Å²) in [7, 11) is 0. The number of esters is 1. The molecule has 1 saturated heterocycles. The van der Waals surface area contributed by atoms with Crippen LogP contribution in [0.2, 0.25) is 0 Å². The molecule has 2 aromatic carbocycles. The third-order valence-electron chi connectivity index (χ3n) is 3.87. The molecule has 3 rings (SSSR count). The summed E-state index contributed by atoms with van der Waals surface area (Å²) >= 11 is 2.76. The molecule has 1 aliphatic rings. The van der Waals surface area contributed by atoms with Gasteiger partial charge in [0, 0.05) is 9.79 Å². The highest BCUT2D eigenvalue weighted by atomic mass is 32.2. The second-order valence-corrected chi connectivity index (χ2v) is 8.07. The Morgan fingerprint density at radius 1 is 1.17 bits per heavy atom. The second kappa shape index (κ2) is 10.2. The Hall–Kier alpha value is -2.71. The summed E-state index contributed by atoms with van der Waals surface area (Å²) in [6, 6.07) is 17.3. The van der Waals surface area contributed by atoms with Crippen molar-refractivity contribution in [3.8, 4) is 0 Å². The Morgan fingerprint density at radius 3 is 2.66 bits per heavy atom. The van der Waals surface area contributed by atoms with Gasteiger partial charge in [0.05, 0.1) is 29.2 Å². The monoisotopic (exact) mass is 428 g/mol. The third kappa shape index (κ3) is 5.88. The molecule has 1 heterocycles. The van der Waals surface area contributed by atoms with Crippen LogP contribution >= 0.6 is 23.5 Å². The van der Waals surface area contributed by atoms with Crippen molar-refractivity contribution in [3.63, 3.8) is 0 Å². The molecule has 2 aromatic rings. The first kappa shape index (κ1) is 21.0. The number of rotatable bonds is 7. The van der Waals surface area contributed by atoms with Crippen LogP contribution in [0.25, 0.3) is 0 Å². The zero-order chi connectivity index (χ0) is 20.6. The predicted molar refractivity (Wildman–Crippen MR) is 115 cm³/mol. The van der Waals surface area contributed by atoms with Crippen LogP contribution in [0.5, 0.6) is 0 Å². The molecule has 8 heteroatoms. The number of hydrogen-bond donors (Lipinski definition) is 1. The van der Waals surface area contributed by atoms with Gasteiger partial charge >= 0.3 is 5.97 Å². The fraction of sp³-hybridized carbons (Fsp3) is 0.190. The molecule has 0 bridgehead atoms. The van der Waals surface area contributed by atoms with Crippen LogP contribution < -0.4 is 5.32 Å². The van der Waals surface area contributed by atoms with Gasteiger partial charge in [-0.1, -0.05) is 53.9 Å². The number of carbonyl (C=O) groups is 3. The van der Waals surface area contributed by atoms with Crippen LogP contribution in [0.4, 0.5) is 5.69 Å². The molecule has 2 amide bonds. The van der Waals surface area contributed by atoms with Gasteiger partial charge in [0.15, 0.2) is 0 Å². The molecule has 0 radical (unpaired) electrons. The first-order valence-electron chi connectivity index (χ1n) is 9.00. The summed E-state index contributed by atoms with van der Waals surface area (Å²) in [6.07, 6.45) is 1.26. The maximum absolute atomic E-state index is 12.6. The number of thioether (sulfide) groups is 1. The van der Waals surface area contributed by atoms with E-state index in [0.29, 0.717) is 10.7 Å². The smallest absolute Gasteiger partial charge is 0.333 e. The maximum atomic E-state index is 12.6. The molecule has 0 atom stereocenters. The molecular formula is C21H20N2O4S2. The van der Waals surface area contributed by atoms with E-state index in [4.69, 9.17) is 4.74 Å². The summed E-state index contributed by atoms with van der Waals surface area (Å²) in [4.78, 5) is 39.7. The van der Waals surface area contributed by atoms with Gasteiger partial charge in [0.2, 0.25) is 11.8 Å². The highest BCUT2D eigenvalue weighted by Crippen LogP contribution is 2.33. The summed E-state index contributed by atoms with van der Waals surface area (Å²) in [5.74, 6) is -0.886. The Kier molecular flexibility index (Phi) is 7.37. The van der Waals surface area contributed by atoms with E-state index in [1.54, 1.807) is 18.7 Å². The lowest BCUT2D eigenvalue weighted by molar-refractivity contribution is -0.137. The summed E-state index contributed by atoms with van der Waals surface area (Å²) in [5.41, 5.74) is 0.668. The lowest BCUT2D eigenvalue weighted by Gasteiger charge is -2.17. The molecule has 0 aromatic heterocycles. The molecule has 6 nitrogen and oxygen atoms in total. The highest BCUT2D eigenvalue weighted by molar-refractivity contribution is 8.04. The van der Waals surface area contributed by atoms with E-state index < -0.39 is 5.97 Å². The van der Waals surface area contributed by atoms with E-state index in [1.807, 2.05) is 54.6 Å². The number of carbonyl (C=O) groups excluding carboxylic acids is 3. The number of nitrogens with one attached hydrogen (secondary N) is 1. The normalized spacial score (nSPS) is 14.9. The lowest BCUT2D eigenvalue weighted by atomic mass is 10.3. The molecular weight excluding hydrogens is 408 g/mol. The molecule has 0 aliphatic carbocycles. The van der Waals surface area contributed by atoms with Crippen LogP contribution in [0.15, 0.2) is 75.5 Å². The lowest BCUT2D eigenvalue weighted by Crippen LogP contribution is -2.34. The maximum Gasteiger partial charge on any atom is 0.333 e. The Labute approximate surface area is 177 Å². The largest absolute Gasteiger partial charge is 0.463 e. The first-order chi connectivity index (χ1) is 14.1. The van der Waals surface area contributed by atoms with Crippen molar-refractivity contribution in [3.05, 3.63) is 65.7 Å². The molecule has 1 aliphatic heterocycles. The van der Waals surface area contributed by atoms with Crippen LogP contribution in [0.3, 0.4) is 0 Å². The fourth-order valence-electron chi connectivity index (χ4n) is 2.59. The topological polar surface area (TPSA) is 75.7 Å². The van der Waals surface area contributed by atoms with E-state index in [0.717, 1.165) is 9.79 Å². The number of amides is 2. The molecule has 0 unspecified atom stereocenters. The average Bonchev–Trinajstić information content (AvgIpc) is 3.04. The van der Waals surface area contributed by atoms with Gasteiger partial charge in [-0.2, -0.15) is 0 Å². The van der Waals surface area contributed by atoms with Crippen molar-refractivity contribution >= 4 is 47.0 Å². The minimum Gasteiger partial charge on any atom is -0.463 e. The number of hydrogen-bond acceptors (Lipinski definition) is 6. The quantitative estimate of drug-likeness (QED) is 0.535. The number of benzene rings is 2. The zero-order valence-corrected chi connectivity index (χ0v) is 17.4. The van der Waals surface area contributed by atoms with Gasteiger partial charge in [-0.05, 0) is 31.2 Å². The van der Waals surface area contributed by atoms with Crippen molar-refractivity contribution < 1.29 is 19.1 Å². The van der Waals surface area contributed by atoms with Crippen LogP contribution in [0, 0.1) is 0 Å². The van der Waals surface area contributed by atoms with E-state index in [-0.39, 0.29) is 30.7 Å². The molecule has 0 spiro atoms. The highest BCUT2D eigenvalue weighted by Gasteiger charge is 2.29. The minimum atomic E-state index is -0.528. The molecule has 1 N–H and O–H groups in total. The SMILES string of the molecule is CCOC(=O)/C=C1\SCC(=O)N1CC(=O)Nc1ccccc1Sc1ccccc1. The van der Waals surface area contributed by atoms with Gasteiger partial charge in [-0.15, -0.1) is 0 Å². The third-order valence-corrected chi connectivity index (χ3v) is 5.98. The van der Waals surface area contributed by atoms with Crippen LogP contribution in [-0.4, -0.2) is 41.6 Å². The number of ether oxygens (including phenoxy) is 1. The van der Waals surface area contributed by atoms with Gasteiger partial charge < -0.3 is 10.1 Å². The van der Waals surface area contributed by atoms with E-state index in [2.05, 4.69) is 5.32 Å². The van der Waals surface area contributed by atoms with Crippen molar-refractivity contribution in [2.75, 3.05) is 24.2 Å². The van der Waals surface area contributed by atoms with E-state index >= 15 is 0 Å². The molecule has 29 heavy (non-hydrogen) atoms. The predicted octanol–water partition coefficient (Wildman–Crippen LogP) is 3.76. The Balaban J connectivity index is 1.69. The summed E-state index contributed by atoms with van der Waals surface area (Å²) in [5, 5.41) is 3.30. The molecule has 150 valence electrons. The fourth-order valence-corrected chi connectivity index (χ4v) is 4.44. The van der Waals surface area contributed by atoms with Crippen molar-refractivity contribution in [2.24, 2.45) is 0 Å². The average molecular weight is 429 g/mol. The van der Waals surface area contributed by atoms with Crippen molar-refractivity contribution in [1.82, 2.24) is 4.90 Å². The molecule has 0 saturated carbocycles. The second-order valence-electron chi connectivity index (χ2n) is 5.96. The summed E-state index contributed by atoms with van der Waals surface area (Å²) < 4.78 is 4.89. The van der Waals surface area contributed by atoms with Gasteiger partial charge in [-0.25, -0.2) is 4.79 Å².